The van der Waals surface area contributed by atoms with Crippen molar-refractivity contribution >= 4 is 5.97 Å². The smallest absolute Gasteiger partial charge is 0.305 e. The van der Waals surface area contributed by atoms with E-state index in [1.807, 2.05) is 0 Å². The minimum Gasteiger partial charge on any atom is -0.469 e. The molecule has 27 heavy (non-hydrogen) atoms. The Bertz CT molecular complexity index is 647. The Morgan fingerprint density at radius 2 is 2.04 bits per heavy atom. The van der Waals surface area contributed by atoms with Gasteiger partial charge in [-0.2, -0.15) is 0 Å². The lowest BCUT2D eigenvalue weighted by molar-refractivity contribution is -0.141. The van der Waals surface area contributed by atoms with Crippen LogP contribution in [-0.2, 0) is 9.53 Å². The summed E-state index contributed by atoms with van der Waals surface area (Å²) in [5.74, 6) is 3.98. The zero-order valence-corrected chi connectivity index (χ0v) is 17.8. The van der Waals surface area contributed by atoms with Crippen LogP contribution >= 0.6 is 0 Å². The molecule has 7 atom stereocenters. The lowest BCUT2D eigenvalue weighted by Gasteiger charge is -2.57. The van der Waals surface area contributed by atoms with E-state index in [2.05, 4.69) is 39.0 Å². The molecule has 0 aromatic heterocycles. The molecule has 0 saturated heterocycles. The zero-order valence-electron chi connectivity index (χ0n) is 17.8. The van der Waals surface area contributed by atoms with Crippen LogP contribution < -0.4 is 0 Å². The first kappa shape index (κ1) is 19.3. The van der Waals surface area contributed by atoms with Crippen LogP contribution in [0.5, 0.6) is 0 Å². The fourth-order valence-electron chi connectivity index (χ4n) is 7.92. The molecule has 4 rings (SSSR count). The number of rotatable bonds is 4. The predicted octanol–water partition coefficient (Wildman–Crippen LogP) is 6.32. The molecule has 5 unspecified atom stereocenters. The number of carbonyl (C=O) groups excluding carboxylic acids is 1. The first-order valence-electron chi connectivity index (χ1n) is 11.3. The minimum absolute atomic E-state index is 0.0477. The van der Waals surface area contributed by atoms with Crippen LogP contribution in [0.25, 0.3) is 0 Å². The van der Waals surface area contributed by atoms with E-state index in [4.69, 9.17) is 4.74 Å². The van der Waals surface area contributed by atoms with Gasteiger partial charge in [0.05, 0.1) is 7.11 Å². The van der Waals surface area contributed by atoms with Crippen LogP contribution in [0.15, 0.2) is 23.8 Å². The summed E-state index contributed by atoms with van der Waals surface area (Å²) >= 11 is 0. The monoisotopic (exact) mass is 370 g/mol. The molecule has 2 fully saturated rings. The second-order valence-corrected chi connectivity index (χ2v) is 10.5. The molecular weight excluding hydrogens is 332 g/mol. The summed E-state index contributed by atoms with van der Waals surface area (Å²) in [5.41, 5.74) is 2.54. The largest absolute Gasteiger partial charge is 0.469 e. The van der Waals surface area contributed by atoms with Crippen LogP contribution in [0.1, 0.15) is 78.6 Å². The van der Waals surface area contributed by atoms with Gasteiger partial charge >= 0.3 is 5.97 Å². The highest BCUT2D eigenvalue weighted by Crippen LogP contribution is 2.66. The highest BCUT2D eigenvalue weighted by molar-refractivity contribution is 5.69. The summed E-state index contributed by atoms with van der Waals surface area (Å²) in [7, 11) is 1.51. The first-order chi connectivity index (χ1) is 12.9. The van der Waals surface area contributed by atoms with Gasteiger partial charge in [0.2, 0.25) is 0 Å². The normalized spacial score (nSPS) is 43.9. The Kier molecular flexibility index (Phi) is 5.06. The predicted molar refractivity (Wildman–Crippen MR) is 110 cm³/mol. The summed E-state index contributed by atoms with van der Waals surface area (Å²) in [6.45, 7) is 7.55. The number of hydrogen-bond donors (Lipinski definition) is 0. The number of esters is 1. The quantitative estimate of drug-likeness (QED) is 0.541. The van der Waals surface area contributed by atoms with Crippen molar-refractivity contribution < 1.29 is 9.53 Å². The van der Waals surface area contributed by atoms with Crippen molar-refractivity contribution in [2.24, 2.45) is 40.4 Å². The van der Waals surface area contributed by atoms with Gasteiger partial charge in [0.1, 0.15) is 0 Å². The Labute approximate surface area is 165 Å². The number of carbonyl (C=O) groups is 1. The molecular formula is C25H38O2. The fraction of sp³-hybridized carbons (Fsp3) is 0.800. The standard InChI is InChI=1S/C25H38O2/c1-17(8-13-23(26)27-4)20-11-12-21-19-10-9-18-7-5-6-15-24(18,2)22(19)14-16-25(20,21)3/h5,7,9,17,19-22H,6,8,10-16H2,1-4H3/t17?,19?,20?,21?,22?,24-,25+/m0/s1. The molecule has 0 aromatic rings. The Hall–Kier alpha value is -1.05. The van der Waals surface area contributed by atoms with E-state index in [0.29, 0.717) is 23.2 Å². The third-order valence-corrected chi connectivity index (χ3v) is 9.44. The Morgan fingerprint density at radius 1 is 1.22 bits per heavy atom. The molecule has 4 aliphatic carbocycles. The summed E-state index contributed by atoms with van der Waals surface area (Å²) in [5, 5.41) is 0. The van der Waals surface area contributed by atoms with Crippen LogP contribution in [0.2, 0.25) is 0 Å². The lowest BCUT2D eigenvalue weighted by Crippen LogP contribution is -2.49. The van der Waals surface area contributed by atoms with Gasteiger partial charge < -0.3 is 4.74 Å². The Balaban J connectivity index is 1.52. The zero-order chi connectivity index (χ0) is 19.2. The van der Waals surface area contributed by atoms with Gasteiger partial charge in [-0.05, 0) is 97.4 Å². The van der Waals surface area contributed by atoms with Crippen molar-refractivity contribution in [3.8, 4) is 0 Å². The second kappa shape index (κ2) is 7.08. The van der Waals surface area contributed by atoms with Gasteiger partial charge in [-0.15, -0.1) is 0 Å². The number of ether oxygens (including phenoxy) is 1. The molecule has 0 heterocycles. The van der Waals surface area contributed by atoms with Crippen molar-refractivity contribution in [2.45, 2.75) is 78.6 Å². The maximum absolute atomic E-state index is 11.6. The molecule has 0 aliphatic heterocycles. The molecule has 2 nitrogen and oxygen atoms in total. The summed E-state index contributed by atoms with van der Waals surface area (Å²) in [6.07, 6.45) is 18.4. The van der Waals surface area contributed by atoms with Crippen LogP contribution in [0.3, 0.4) is 0 Å². The molecule has 0 bridgehead atoms. The third kappa shape index (κ3) is 3.02. The summed E-state index contributed by atoms with van der Waals surface area (Å²) in [4.78, 5) is 11.6. The van der Waals surface area contributed by atoms with Crippen molar-refractivity contribution in [2.75, 3.05) is 7.11 Å². The average Bonchev–Trinajstić information content (AvgIpc) is 3.02. The van der Waals surface area contributed by atoms with E-state index < -0.39 is 0 Å². The van der Waals surface area contributed by atoms with Crippen molar-refractivity contribution in [3.63, 3.8) is 0 Å². The highest BCUT2D eigenvalue weighted by Gasteiger charge is 2.58. The number of methoxy groups -OCH3 is 1. The third-order valence-electron chi connectivity index (χ3n) is 9.44. The molecule has 0 N–H and O–H groups in total. The molecule has 0 spiro atoms. The molecule has 0 aromatic carbocycles. The van der Waals surface area contributed by atoms with Crippen molar-refractivity contribution in [1.29, 1.82) is 0 Å². The van der Waals surface area contributed by atoms with Gasteiger partial charge in [0, 0.05) is 6.42 Å². The lowest BCUT2D eigenvalue weighted by atomic mass is 9.47. The van der Waals surface area contributed by atoms with E-state index in [1.54, 1.807) is 5.57 Å². The van der Waals surface area contributed by atoms with Crippen molar-refractivity contribution in [3.05, 3.63) is 23.8 Å². The molecule has 0 radical (unpaired) electrons. The maximum Gasteiger partial charge on any atom is 0.305 e. The van der Waals surface area contributed by atoms with E-state index >= 15 is 0 Å². The van der Waals surface area contributed by atoms with Crippen LogP contribution in [0.4, 0.5) is 0 Å². The molecule has 0 amide bonds. The number of hydrogen-bond acceptors (Lipinski definition) is 2. The fourth-order valence-corrected chi connectivity index (χ4v) is 7.92. The topological polar surface area (TPSA) is 26.3 Å². The minimum atomic E-state index is -0.0477. The maximum atomic E-state index is 11.6. The second-order valence-electron chi connectivity index (χ2n) is 10.5. The summed E-state index contributed by atoms with van der Waals surface area (Å²) in [6, 6.07) is 0. The molecule has 150 valence electrons. The van der Waals surface area contributed by atoms with Gasteiger partial charge in [-0.25, -0.2) is 0 Å². The average molecular weight is 371 g/mol. The molecule has 4 aliphatic rings. The molecule has 2 heteroatoms. The van der Waals surface area contributed by atoms with E-state index in [9.17, 15) is 4.79 Å². The van der Waals surface area contributed by atoms with Crippen molar-refractivity contribution in [1.82, 2.24) is 0 Å². The number of fused-ring (bicyclic) bond motifs is 5. The summed E-state index contributed by atoms with van der Waals surface area (Å²) < 4.78 is 4.88. The van der Waals surface area contributed by atoms with Gasteiger partial charge in [-0.1, -0.05) is 39.0 Å². The van der Waals surface area contributed by atoms with E-state index in [0.717, 1.165) is 30.1 Å². The van der Waals surface area contributed by atoms with Crippen LogP contribution in [-0.4, -0.2) is 13.1 Å². The van der Waals surface area contributed by atoms with E-state index in [-0.39, 0.29) is 5.97 Å². The van der Waals surface area contributed by atoms with Gasteiger partial charge in [-0.3, -0.25) is 4.79 Å². The van der Waals surface area contributed by atoms with Gasteiger partial charge in [0.15, 0.2) is 0 Å². The van der Waals surface area contributed by atoms with Crippen LogP contribution in [0, 0.1) is 40.4 Å². The SMILES string of the molecule is COC(=O)CCC(C)C1CCC2C3CC=C4C=CCC[C@]4(C)C3CC[C@]12C. The van der Waals surface area contributed by atoms with Gasteiger partial charge in [0.25, 0.3) is 0 Å². The van der Waals surface area contributed by atoms with E-state index in [1.165, 1.54) is 52.1 Å². The number of allylic oxidation sites excluding steroid dienone is 4. The Morgan fingerprint density at radius 3 is 2.81 bits per heavy atom. The molecule has 2 saturated carbocycles. The highest BCUT2D eigenvalue weighted by atomic mass is 16.5. The first-order valence-corrected chi connectivity index (χ1v) is 11.3.